The van der Waals surface area contributed by atoms with Crippen molar-refractivity contribution in [3.05, 3.63) is 76.8 Å². The Kier molecular flexibility index (Phi) is 6.34. The average molecular weight is 465 g/mol. The van der Waals surface area contributed by atoms with Crippen LogP contribution < -0.4 is 11.1 Å². The topological polar surface area (TPSA) is 136 Å². The number of aliphatic hydroxyl groups excluding tert-OH is 1. The number of nitrogens with two attached hydrogens (primary N) is 1. The number of rotatable bonds is 7. The van der Waals surface area contributed by atoms with Gasteiger partial charge in [0, 0.05) is 34.6 Å². The first-order valence-electron chi connectivity index (χ1n) is 10.1. The van der Waals surface area contributed by atoms with Crippen molar-refractivity contribution in [3.8, 4) is 0 Å². The van der Waals surface area contributed by atoms with Crippen LogP contribution in [0.4, 0.5) is 11.6 Å². The summed E-state index contributed by atoms with van der Waals surface area (Å²) < 4.78 is 1.69. The maximum absolute atomic E-state index is 13.3. The third-order valence-corrected chi connectivity index (χ3v) is 5.39. The van der Waals surface area contributed by atoms with E-state index in [0.29, 0.717) is 27.3 Å². The Morgan fingerprint density at radius 2 is 1.97 bits per heavy atom. The number of fused-ring (bicyclic) bond motifs is 1. The maximum atomic E-state index is 13.3. The van der Waals surface area contributed by atoms with Crippen molar-refractivity contribution in [2.24, 2.45) is 0 Å². The molecule has 4 aromatic rings. The molecule has 0 saturated heterocycles. The van der Waals surface area contributed by atoms with E-state index < -0.39 is 0 Å². The first kappa shape index (κ1) is 22.4. The standard InChI is InChI=1S/C23H21ClN6O3/c1-13(12-31)30-11-19(18-10-27-23(25)29-22(18)30)21(33)15-7-17(9-26-8-15)28-20(32)6-14-2-4-16(24)5-3-14/h2-5,7-11,13,31H,6,12H2,1H3,(H,28,32)(H2,25,27,29). The quantitative estimate of drug-likeness (QED) is 0.357. The highest BCUT2D eigenvalue weighted by molar-refractivity contribution is 6.30. The van der Waals surface area contributed by atoms with E-state index in [1.54, 1.807) is 48.0 Å². The summed E-state index contributed by atoms with van der Waals surface area (Å²) in [4.78, 5) is 38.1. The van der Waals surface area contributed by atoms with Crippen LogP contribution in [0.1, 0.15) is 34.5 Å². The molecule has 168 valence electrons. The summed E-state index contributed by atoms with van der Waals surface area (Å²) in [6.07, 6.45) is 6.15. The predicted molar refractivity (Wildman–Crippen MR) is 125 cm³/mol. The van der Waals surface area contributed by atoms with Crippen molar-refractivity contribution in [2.45, 2.75) is 19.4 Å². The van der Waals surface area contributed by atoms with E-state index in [1.807, 2.05) is 0 Å². The summed E-state index contributed by atoms with van der Waals surface area (Å²) in [5.74, 6) is -0.502. The molecule has 1 atom stereocenters. The van der Waals surface area contributed by atoms with Gasteiger partial charge < -0.3 is 20.7 Å². The summed E-state index contributed by atoms with van der Waals surface area (Å²) in [5.41, 5.74) is 8.00. The van der Waals surface area contributed by atoms with Gasteiger partial charge in [-0.25, -0.2) is 4.98 Å². The molecule has 0 spiro atoms. The third-order valence-electron chi connectivity index (χ3n) is 5.14. The van der Waals surface area contributed by atoms with Gasteiger partial charge in [0.25, 0.3) is 0 Å². The van der Waals surface area contributed by atoms with Gasteiger partial charge in [-0.15, -0.1) is 0 Å². The average Bonchev–Trinajstić information content (AvgIpc) is 3.18. The minimum Gasteiger partial charge on any atom is -0.394 e. The lowest BCUT2D eigenvalue weighted by molar-refractivity contribution is -0.115. The molecule has 0 saturated carbocycles. The van der Waals surface area contributed by atoms with Crippen LogP contribution >= 0.6 is 11.6 Å². The number of hydrogen-bond donors (Lipinski definition) is 3. The highest BCUT2D eigenvalue weighted by Crippen LogP contribution is 2.26. The van der Waals surface area contributed by atoms with Gasteiger partial charge in [-0.2, -0.15) is 4.98 Å². The van der Waals surface area contributed by atoms with Crippen LogP contribution in [0.15, 0.2) is 55.1 Å². The van der Waals surface area contributed by atoms with E-state index in [0.717, 1.165) is 5.56 Å². The largest absolute Gasteiger partial charge is 0.394 e. The summed E-state index contributed by atoms with van der Waals surface area (Å²) in [5, 5.41) is 13.4. The number of nitrogen functional groups attached to an aromatic ring is 1. The highest BCUT2D eigenvalue weighted by atomic mass is 35.5. The lowest BCUT2D eigenvalue weighted by Gasteiger charge is -2.10. The lowest BCUT2D eigenvalue weighted by Crippen LogP contribution is -2.15. The van der Waals surface area contributed by atoms with Gasteiger partial charge in [0.1, 0.15) is 5.65 Å². The molecule has 0 aliphatic carbocycles. The fourth-order valence-electron chi connectivity index (χ4n) is 3.43. The van der Waals surface area contributed by atoms with Crippen LogP contribution in [0.2, 0.25) is 5.02 Å². The molecular formula is C23H21ClN6O3. The molecule has 33 heavy (non-hydrogen) atoms. The predicted octanol–water partition coefficient (Wildman–Crippen LogP) is 3.03. The Morgan fingerprint density at radius 3 is 2.70 bits per heavy atom. The van der Waals surface area contributed by atoms with Gasteiger partial charge in [0.15, 0.2) is 5.78 Å². The van der Waals surface area contributed by atoms with Gasteiger partial charge in [0.05, 0.1) is 36.5 Å². The summed E-state index contributed by atoms with van der Waals surface area (Å²) in [7, 11) is 0. The molecule has 3 heterocycles. The van der Waals surface area contributed by atoms with Crippen LogP contribution in [0.3, 0.4) is 0 Å². The molecular weight excluding hydrogens is 444 g/mol. The highest BCUT2D eigenvalue weighted by Gasteiger charge is 2.21. The lowest BCUT2D eigenvalue weighted by atomic mass is 10.1. The molecule has 1 unspecified atom stereocenters. The molecule has 4 rings (SSSR count). The Balaban J connectivity index is 1.59. The SMILES string of the molecule is CC(CO)n1cc(C(=O)c2cncc(NC(=O)Cc3ccc(Cl)cc3)c2)c2cnc(N)nc21. The van der Waals surface area contributed by atoms with Crippen molar-refractivity contribution in [1.29, 1.82) is 0 Å². The number of halogens is 1. The Hall–Kier alpha value is -3.82. The molecule has 1 aromatic carbocycles. The summed E-state index contributed by atoms with van der Waals surface area (Å²) in [6, 6.07) is 8.23. The monoisotopic (exact) mass is 464 g/mol. The zero-order valence-corrected chi connectivity index (χ0v) is 18.5. The van der Waals surface area contributed by atoms with Crippen molar-refractivity contribution in [2.75, 3.05) is 17.7 Å². The van der Waals surface area contributed by atoms with Crippen LogP contribution in [-0.2, 0) is 11.2 Å². The van der Waals surface area contributed by atoms with Gasteiger partial charge in [-0.05, 0) is 30.7 Å². The van der Waals surface area contributed by atoms with Gasteiger partial charge >= 0.3 is 0 Å². The van der Waals surface area contributed by atoms with Gasteiger partial charge in [-0.3, -0.25) is 14.6 Å². The number of benzene rings is 1. The number of nitrogens with one attached hydrogen (secondary N) is 1. The molecule has 0 aliphatic heterocycles. The molecule has 1 amide bonds. The van der Waals surface area contributed by atoms with Crippen molar-refractivity contribution >= 4 is 46.0 Å². The number of hydrogen-bond acceptors (Lipinski definition) is 7. The number of pyridine rings is 1. The van der Waals surface area contributed by atoms with Crippen LogP contribution in [0, 0.1) is 0 Å². The number of amides is 1. The second-order valence-corrected chi connectivity index (χ2v) is 8.03. The molecule has 0 fully saturated rings. The van der Waals surface area contributed by atoms with Crippen molar-refractivity contribution < 1.29 is 14.7 Å². The number of aliphatic hydroxyl groups is 1. The Labute approximate surface area is 194 Å². The van der Waals surface area contributed by atoms with Gasteiger partial charge in [-0.1, -0.05) is 23.7 Å². The zero-order valence-electron chi connectivity index (χ0n) is 17.7. The van der Waals surface area contributed by atoms with Crippen molar-refractivity contribution in [3.63, 3.8) is 0 Å². The summed E-state index contributed by atoms with van der Waals surface area (Å²) in [6.45, 7) is 1.66. The van der Waals surface area contributed by atoms with E-state index in [4.69, 9.17) is 17.3 Å². The van der Waals surface area contributed by atoms with E-state index in [1.165, 1.54) is 18.6 Å². The zero-order chi connectivity index (χ0) is 23.5. The minimum atomic E-state index is -0.321. The molecule has 0 bridgehead atoms. The van der Waals surface area contributed by atoms with Crippen LogP contribution in [-0.4, -0.2) is 42.9 Å². The maximum Gasteiger partial charge on any atom is 0.228 e. The van der Waals surface area contributed by atoms with Gasteiger partial charge in [0.2, 0.25) is 11.9 Å². The fraction of sp³-hybridized carbons (Fsp3) is 0.174. The van der Waals surface area contributed by atoms with Crippen LogP contribution in [0.5, 0.6) is 0 Å². The normalized spacial score (nSPS) is 12.0. The molecule has 0 aliphatic rings. The number of nitrogens with zero attached hydrogens (tertiary/aromatic N) is 4. The number of aromatic nitrogens is 4. The molecule has 4 N–H and O–H groups in total. The van der Waals surface area contributed by atoms with E-state index in [-0.39, 0.29) is 42.3 Å². The number of carbonyl (C=O) groups excluding carboxylic acids is 2. The number of carbonyl (C=O) groups is 2. The fourth-order valence-corrected chi connectivity index (χ4v) is 3.55. The molecule has 3 aromatic heterocycles. The Morgan fingerprint density at radius 1 is 1.21 bits per heavy atom. The minimum absolute atomic E-state index is 0.0676. The first-order valence-corrected chi connectivity index (χ1v) is 10.5. The molecule has 0 radical (unpaired) electrons. The molecule has 10 heteroatoms. The van der Waals surface area contributed by atoms with E-state index in [2.05, 4.69) is 20.3 Å². The molecule has 9 nitrogen and oxygen atoms in total. The smallest absolute Gasteiger partial charge is 0.228 e. The third kappa shape index (κ3) is 4.84. The van der Waals surface area contributed by atoms with E-state index >= 15 is 0 Å². The number of anilines is 2. The summed E-state index contributed by atoms with van der Waals surface area (Å²) >= 11 is 5.88. The first-order chi connectivity index (χ1) is 15.9. The van der Waals surface area contributed by atoms with Crippen LogP contribution in [0.25, 0.3) is 11.0 Å². The Bertz CT molecular complexity index is 1340. The second-order valence-electron chi connectivity index (χ2n) is 7.59. The van der Waals surface area contributed by atoms with Crippen molar-refractivity contribution in [1.82, 2.24) is 19.5 Å². The second kappa shape index (κ2) is 9.35. The van der Waals surface area contributed by atoms with E-state index in [9.17, 15) is 14.7 Å². The number of ketones is 1.